The van der Waals surface area contributed by atoms with Crippen LogP contribution in [-0.2, 0) is 0 Å². The predicted octanol–water partition coefficient (Wildman–Crippen LogP) is 2.10. The number of nitro groups is 1. The lowest BCUT2D eigenvalue weighted by atomic mass is 9.65. The van der Waals surface area contributed by atoms with Gasteiger partial charge >= 0.3 is 0 Å². The minimum absolute atomic E-state index is 0.0273. The molecule has 0 saturated heterocycles. The van der Waals surface area contributed by atoms with Crippen LogP contribution in [0, 0.1) is 15.5 Å². The normalized spacial score (nSPS) is 26.1. The molecular formula is C12H16N2O3. The van der Waals surface area contributed by atoms with Gasteiger partial charge in [-0.1, -0.05) is 19.9 Å². The average molecular weight is 236 g/mol. The molecule has 5 heteroatoms. The van der Waals surface area contributed by atoms with E-state index < -0.39 is 4.92 Å². The average Bonchev–Trinajstić information content (AvgIpc) is 2.29. The summed E-state index contributed by atoms with van der Waals surface area (Å²) in [7, 11) is 0. The SMILES string of the molecule is CC1(C)C(N)CC1Oc1cccc([N+](=O)[O-])c1. The number of hydrogen-bond donors (Lipinski definition) is 1. The van der Waals surface area contributed by atoms with Crippen molar-refractivity contribution in [3.8, 4) is 5.75 Å². The number of nitrogens with two attached hydrogens (primary N) is 1. The zero-order chi connectivity index (χ0) is 12.6. The third kappa shape index (κ3) is 2.10. The van der Waals surface area contributed by atoms with E-state index in [1.54, 1.807) is 12.1 Å². The van der Waals surface area contributed by atoms with Crippen molar-refractivity contribution in [3.05, 3.63) is 34.4 Å². The number of nitrogens with zero attached hydrogens (tertiary/aromatic N) is 1. The van der Waals surface area contributed by atoms with E-state index in [0.29, 0.717) is 5.75 Å². The second-order valence-corrected chi connectivity index (χ2v) is 5.02. The van der Waals surface area contributed by atoms with Crippen LogP contribution in [0.4, 0.5) is 5.69 Å². The first kappa shape index (κ1) is 11.9. The molecule has 2 rings (SSSR count). The van der Waals surface area contributed by atoms with Crippen LogP contribution >= 0.6 is 0 Å². The lowest BCUT2D eigenvalue weighted by molar-refractivity contribution is -0.385. The Kier molecular flexibility index (Phi) is 2.79. The van der Waals surface area contributed by atoms with Gasteiger partial charge in [0.2, 0.25) is 0 Å². The molecule has 0 spiro atoms. The monoisotopic (exact) mass is 236 g/mol. The molecule has 5 nitrogen and oxygen atoms in total. The van der Waals surface area contributed by atoms with E-state index in [9.17, 15) is 10.1 Å². The van der Waals surface area contributed by atoms with Gasteiger partial charge in [-0.25, -0.2) is 0 Å². The van der Waals surface area contributed by atoms with Crippen molar-refractivity contribution in [2.24, 2.45) is 11.1 Å². The van der Waals surface area contributed by atoms with E-state index in [0.717, 1.165) is 6.42 Å². The molecular weight excluding hydrogens is 220 g/mol. The van der Waals surface area contributed by atoms with Crippen LogP contribution in [0.5, 0.6) is 5.75 Å². The second kappa shape index (κ2) is 4.00. The maximum Gasteiger partial charge on any atom is 0.273 e. The van der Waals surface area contributed by atoms with Gasteiger partial charge in [-0.3, -0.25) is 10.1 Å². The third-order valence-electron chi connectivity index (χ3n) is 3.56. The summed E-state index contributed by atoms with van der Waals surface area (Å²) in [6.07, 6.45) is 0.815. The summed E-state index contributed by atoms with van der Waals surface area (Å²) in [5.41, 5.74) is 5.86. The van der Waals surface area contributed by atoms with Crippen molar-refractivity contribution in [1.82, 2.24) is 0 Å². The summed E-state index contributed by atoms with van der Waals surface area (Å²) >= 11 is 0. The number of ether oxygens (including phenoxy) is 1. The van der Waals surface area contributed by atoms with Crippen LogP contribution in [0.1, 0.15) is 20.3 Å². The highest BCUT2D eigenvalue weighted by atomic mass is 16.6. The maximum atomic E-state index is 10.6. The zero-order valence-corrected chi connectivity index (χ0v) is 9.92. The maximum absolute atomic E-state index is 10.6. The third-order valence-corrected chi connectivity index (χ3v) is 3.56. The Morgan fingerprint density at radius 2 is 2.24 bits per heavy atom. The Balaban J connectivity index is 2.10. The van der Waals surface area contributed by atoms with Crippen LogP contribution in [0.25, 0.3) is 0 Å². The molecule has 1 aliphatic rings. The van der Waals surface area contributed by atoms with Crippen LogP contribution < -0.4 is 10.5 Å². The zero-order valence-electron chi connectivity index (χ0n) is 9.92. The topological polar surface area (TPSA) is 78.4 Å². The largest absolute Gasteiger partial charge is 0.489 e. The van der Waals surface area contributed by atoms with E-state index in [-0.39, 0.29) is 23.2 Å². The molecule has 0 aromatic heterocycles. The molecule has 0 aliphatic heterocycles. The summed E-state index contributed by atoms with van der Waals surface area (Å²) < 4.78 is 5.74. The fourth-order valence-electron chi connectivity index (χ4n) is 1.95. The summed E-state index contributed by atoms with van der Waals surface area (Å²) in [4.78, 5) is 10.2. The van der Waals surface area contributed by atoms with Crippen molar-refractivity contribution in [2.45, 2.75) is 32.4 Å². The molecule has 92 valence electrons. The molecule has 2 N–H and O–H groups in total. The lowest BCUT2D eigenvalue weighted by Crippen LogP contribution is -2.60. The Labute approximate surface area is 99.7 Å². The van der Waals surface area contributed by atoms with Gasteiger partial charge in [0.15, 0.2) is 0 Å². The molecule has 2 atom stereocenters. The molecule has 1 aromatic carbocycles. The smallest absolute Gasteiger partial charge is 0.273 e. The fourth-order valence-corrected chi connectivity index (χ4v) is 1.95. The molecule has 0 heterocycles. The molecule has 0 radical (unpaired) electrons. The van der Waals surface area contributed by atoms with Crippen molar-refractivity contribution in [3.63, 3.8) is 0 Å². The summed E-state index contributed by atoms with van der Waals surface area (Å²) in [6.45, 7) is 4.09. The second-order valence-electron chi connectivity index (χ2n) is 5.02. The summed E-state index contributed by atoms with van der Waals surface area (Å²) in [5, 5.41) is 10.6. The predicted molar refractivity (Wildman–Crippen MR) is 63.9 cm³/mol. The number of hydrogen-bond acceptors (Lipinski definition) is 4. The Bertz CT molecular complexity index is 445. The quantitative estimate of drug-likeness (QED) is 0.644. The van der Waals surface area contributed by atoms with Gasteiger partial charge in [0.1, 0.15) is 11.9 Å². The molecule has 0 amide bonds. The molecule has 1 aromatic rings. The van der Waals surface area contributed by atoms with Crippen molar-refractivity contribution >= 4 is 5.69 Å². The van der Waals surface area contributed by atoms with Gasteiger partial charge in [0.25, 0.3) is 5.69 Å². The summed E-state index contributed by atoms with van der Waals surface area (Å²) in [6, 6.07) is 6.38. The molecule has 0 bridgehead atoms. The first-order valence-electron chi connectivity index (χ1n) is 5.58. The highest BCUT2D eigenvalue weighted by Gasteiger charge is 2.47. The Hall–Kier alpha value is -1.62. The number of benzene rings is 1. The molecule has 1 aliphatic carbocycles. The van der Waals surface area contributed by atoms with Gasteiger partial charge in [0.05, 0.1) is 11.0 Å². The standard InChI is InChI=1S/C12H16N2O3/c1-12(2)10(13)7-11(12)17-9-5-3-4-8(6-9)14(15)16/h3-6,10-11H,7,13H2,1-2H3. The van der Waals surface area contributed by atoms with E-state index in [4.69, 9.17) is 10.5 Å². The first-order valence-corrected chi connectivity index (χ1v) is 5.58. The van der Waals surface area contributed by atoms with Crippen LogP contribution in [0.3, 0.4) is 0 Å². The highest BCUT2D eigenvalue weighted by molar-refractivity contribution is 5.38. The van der Waals surface area contributed by atoms with E-state index in [2.05, 4.69) is 0 Å². The van der Waals surface area contributed by atoms with E-state index in [1.165, 1.54) is 12.1 Å². The van der Waals surface area contributed by atoms with Gasteiger partial charge in [-0.05, 0) is 6.07 Å². The van der Waals surface area contributed by atoms with Crippen molar-refractivity contribution in [1.29, 1.82) is 0 Å². The van der Waals surface area contributed by atoms with E-state index >= 15 is 0 Å². The van der Waals surface area contributed by atoms with Gasteiger partial charge in [-0.15, -0.1) is 0 Å². The van der Waals surface area contributed by atoms with Crippen LogP contribution in [0.2, 0.25) is 0 Å². The lowest BCUT2D eigenvalue weighted by Gasteiger charge is -2.49. The van der Waals surface area contributed by atoms with Gasteiger partial charge in [-0.2, -0.15) is 0 Å². The minimum atomic E-state index is -0.426. The van der Waals surface area contributed by atoms with Crippen molar-refractivity contribution < 1.29 is 9.66 Å². The van der Waals surface area contributed by atoms with Gasteiger partial charge in [0, 0.05) is 23.9 Å². The molecule has 1 fully saturated rings. The Morgan fingerprint density at radius 3 is 2.76 bits per heavy atom. The highest BCUT2D eigenvalue weighted by Crippen LogP contribution is 2.41. The molecule has 17 heavy (non-hydrogen) atoms. The Morgan fingerprint density at radius 1 is 1.53 bits per heavy atom. The number of non-ortho nitro benzene ring substituents is 1. The number of rotatable bonds is 3. The minimum Gasteiger partial charge on any atom is -0.489 e. The van der Waals surface area contributed by atoms with E-state index in [1.807, 2.05) is 13.8 Å². The fraction of sp³-hybridized carbons (Fsp3) is 0.500. The van der Waals surface area contributed by atoms with Crippen LogP contribution in [0.15, 0.2) is 24.3 Å². The van der Waals surface area contributed by atoms with Crippen LogP contribution in [-0.4, -0.2) is 17.1 Å². The van der Waals surface area contributed by atoms with Crippen molar-refractivity contribution in [2.75, 3.05) is 0 Å². The summed E-state index contributed by atoms with van der Waals surface area (Å²) in [5.74, 6) is 0.532. The first-order chi connectivity index (χ1) is 7.91. The number of nitro benzene ring substituents is 1. The molecule has 2 unspecified atom stereocenters. The molecule has 1 saturated carbocycles. The van der Waals surface area contributed by atoms with Gasteiger partial charge < -0.3 is 10.5 Å².